The predicted octanol–water partition coefficient (Wildman–Crippen LogP) is 1.86. The lowest BCUT2D eigenvalue weighted by atomic mass is 10.3. The molecule has 6 heteroatoms. The molecule has 96 valence electrons. The van der Waals surface area contributed by atoms with Crippen molar-refractivity contribution in [2.75, 3.05) is 5.73 Å². The standard InChI is InChI=1S/C12H16N4OS/c1-7-5-14-12(18-7)8(2)15-11(17)10-4-9(13)6-16(10)3/h4-6,8H,13H2,1-3H3,(H,15,17). The molecule has 0 fully saturated rings. The second-order valence-corrected chi connectivity index (χ2v) is 5.54. The van der Waals surface area contributed by atoms with Crippen molar-refractivity contribution in [2.24, 2.45) is 7.05 Å². The van der Waals surface area contributed by atoms with Crippen LogP contribution in [-0.4, -0.2) is 15.5 Å². The van der Waals surface area contributed by atoms with Crippen LogP contribution < -0.4 is 11.1 Å². The molecule has 2 rings (SSSR count). The molecule has 2 heterocycles. The van der Waals surface area contributed by atoms with Crippen LogP contribution in [0.1, 0.15) is 33.3 Å². The third kappa shape index (κ3) is 2.53. The molecular weight excluding hydrogens is 248 g/mol. The number of hydrogen-bond acceptors (Lipinski definition) is 4. The molecule has 1 unspecified atom stereocenters. The largest absolute Gasteiger partial charge is 0.397 e. The zero-order valence-electron chi connectivity index (χ0n) is 10.6. The van der Waals surface area contributed by atoms with E-state index in [4.69, 9.17) is 5.73 Å². The van der Waals surface area contributed by atoms with Gasteiger partial charge in [-0.1, -0.05) is 0 Å². The molecule has 0 spiro atoms. The summed E-state index contributed by atoms with van der Waals surface area (Å²) < 4.78 is 1.71. The molecule has 3 N–H and O–H groups in total. The Bertz CT molecular complexity index is 572. The number of nitrogens with two attached hydrogens (primary N) is 1. The van der Waals surface area contributed by atoms with Gasteiger partial charge in [-0.15, -0.1) is 11.3 Å². The smallest absolute Gasteiger partial charge is 0.268 e. The molecule has 1 atom stereocenters. The highest BCUT2D eigenvalue weighted by atomic mass is 32.1. The Morgan fingerprint density at radius 1 is 1.61 bits per heavy atom. The van der Waals surface area contributed by atoms with Crippen LogP contribution in [0.2, 0.25) is 0 Å². The molecular formula is C12H16N4OS. The van der Waals surface area contributed by atoms with E-state index in [-0.39, 0.29) is 11.9 Å². The number of anilines is 1. The average molecular weight is 264 g/mol. The summed E-state index contributed by atoms with van der Waals surface area (Å²) in [4.78, 5) is 17.5. The fourth-order valence-corrected chi connectivity index (χ4v) is 2.50. The Morgan fingerprint density at radius 3 is 2.83 bits per heavy atom. The van der Waals surface area contributed by atoms with Crippen LogP contribution in [0.4, 0.5) is 5.69 Å². The molecule has 0 saturated heterocycles. The SMILES string of the molecule is Cc1cnc(C(C)NC(=O)c2cc(N)cn2C)s1. The highest BCUT2D eigenvalue weighted by molar-refractivity contribution is 7.11. The number of carbonyl (C=O) groups is 1. The molecule has 1 amide bonds. The summed E-state index contributed by atoms with van der Waals surface area (Å²) in [6.07, 6.45) is 3.52. The zero-order chi connectivity index (χ0) is 13.3. The van der Waals surface area contributed by atoms with Crippen molar-refractivity contribution in [3.05, 3.63) is 34.0 Å². The van der Waals surface area contributed by atoms with E-state index < -0.39 is 0 Å². The summed E-state index contributed by atoms with van der Waals surface area (Å²) in [6.45, 7) is 3.91. The lowest BCUT2D eigenvalue weighted by Gasteiger charge is -2.11. The number of aromatic nitrogens is 2. The molecule has 0 bridgehead atoms. The monoisotopic (exact) mass is 264 g/mol. The fourth-order valence-electron chi connectivity index (χ4n) is 1.72. The number of nitrogen functional groups attached to an aromatic ring is 1. The summed E-state index contributed by atoms with van der Waals surface area (Å²) in [5.41, 5.74) is 6.78. The maximum absolute atomic E-state index is 12.1. The number of amides is 1. The Labute approximate surface area is 110 Å². The van der Waals surface area contributed by atoms with Crippen LogP contribution in [0.5, 0.6) is 0 Å². The average Bonchev–Trinajstić information content (AvgIpc) is 2.84. The van der Waals surface area contributed by atoms with Gasteiger partial charge in [-0.05, 0) is 19.9 Å². The van der Waals surface area contributed by atoms with E-state index in [1.54, 1.807) is 35.2 Å². The van der Waals surface area contributed by atoms with Crippen molar-refractivity contribution in [1.82, 2.24) is 14.9 Å². The molecule has 0 radical (unpaired) electrons. The van der Waals surface area contributed by atoms with Gasteiger partial charge in [-0.2, -0.15) is 0 Å². The van der Waals surface area contributed by atoms with Crippen molar-refractivity contribution >= 4 is 22.9 Å². The van der Waals surface area contributed by atoms with E-state index in [2.05, 4.69) is 10.3 Å². The van der Waals surface area contributed by atoms with Gasteiger partial charge in [0.15, 0.2) is 0 Å². The minimum Gasteiger partial charge on any atom is -0.397 e. The third-order valence-corrected chi connectivity index (χ3v) is 3.71. The van der Waals surface area contributed by atoms with Crippen LogP contribution in [0.25, 0.3) is 0 Å². The number of nitrogens with one attached hydrogen (secondary N) is 1. The molecule has 0 aliphatic rings. The Morgan fingerprint density at radius 2 is 2.33 bits per heavy atom. The molecule has 0 aliphatic carbocycles. The summed E-state index contributed by atoms with van der Waals surface area (Å²) >= 11 is 1.59. The van der Waals surface area contributed by atoms with Crippen molar-refractivity contribution < 1.29 is 4.79 Å². The fraction of sp³-hybridized carbons (Fsp3) is 0.333. The Balaban J connectivity index is 2.10. The van der Waals surface area contributed by atoms with Crippen LogP contribution >= 0.6 is 11.3 Å². The number of aryl methyl sites for hydroxylation is 2. The lowest BCUT2D eigenvalue weighted by Crippen LogP contribution is -2.28. The topological polar surface area (TPSA) is 72.9 Å². The first kappa shape index (κ1) is 12.6. The lowest BCUT2D eigenvalue weighted by molar-refractivity contribution is 0.0931. The normalized spacial score (nSPS) is 12.4. The summed E-state index contributed by atoms with van der Waals surface area (Å²) in [5.74, 6) is -0.144. The van der Waals surface area contributed by atoms with Crippen molar-refractivity contribution in [2.45, 2.75) is 19.9 Å². The quantitative estimate of drug-likeness (QED) is 0.888. The van der Waals surface area contributed by atoms with Gasteiger partial charge < -0.3 is 15.6 Å². The minimum absolute atomic E-state index is 0.104. The number of rotatable bonds is 3. The predicted molar refractivity (Wildman–Crippen MR) is 72.6 cm³/mol. The number of hydrogen-bond donors (Lipinski definition) is 2. The van der Waals surface area contributed by atoms with Crippen LogP contribution in [-0.2, 0) is 7.05 Å². The maximum atomic E-state index is 12.1. The first-order chi connectivity index (χ1) is 8.47. The van der Waals surface area contributed by atoms with E-state index in [0.717, 1.165) is 9.88 Å². The van der Waals surface area contributed by atoms with Gasteiger partial charge in [0, 0.05) is 24.3 Å². The maximum Gasteiger partial charge on any atom is 0.268 e. The first-order valence-electron chi connectivity index (χ1n) is 5.62. The zero-order valence-corrected chi connectivity index (χ0v) is 11.4. The van der Waals surface area contributed by atoms with Gasteiger partial charge in [-0.25, -0.2) is 4.98 Å². The van der Waals surface area contributed by atoms with Gasteiger partial charge >= 0.3 is 0 Å². The molecule has 0 aliphatic heterocycles. The third-order valence-electron chi connectivity index (χ3n) is 2.62. The minimum atomic E-state index is -0.144. The van der Waals surface area contributed by atoms with E-state index >= 15 is 0 Å². The summed E-state index contributed by atoms with van der Waals surface area (Å²) in [6, 6.07) is 1.56. The van der Waals surface area contributed by atoms with Gasteiger partial charge in [0.1, 0.15) is 10.7 Å². The molecule has 2 aromatic rings. The first-order valence-corrected chi connectivity index (χ1v) is 6.44. The van der Waals surface area contributed by atoms with Crippen LogP contribution in [0.15, 0.2) is 18.5 Å². The van der Waals surface area contributed by atoms with E-state index in [9.17, 15) is 4.79 Å². The Hall–Kier alpha value is -1.82. The molecule has 5 nitrogen and oxygen atoms in total. The highest BCUT2D eigenvalue weighted by Gasteiger charge is 2.16. The van der Waals surface area contributed by atoms with Gasteiger partial charge in [-0.3, -0.25) is 4.79 Å². The number of nitrogens with zero attached hydrogens (tertiary/aromatic N) is 2. The van der Waals surface area contributed by atoms with E-state index in [1.165, 1.54) is 0 Å². The molecule has 18 heavy (non-hydrogen) atoms. The number of carbonyl (C=O) groups excluding carboxylic acids is 1. The molecule has 0 aromatic carbocycles. The second-order valence-electron chi connectivity index (χ2n) is 4.27. The van der Waals surface area contributed by atoms with Gasteiger partial charge in [0.25, 0.3) is 5.91 Å². The second kappa shape index (κ2) is 4.81. The van der Waals surface area contributed by atoms with Crippen LogP contribution in [0.3, 0.4) is 0 Å². The van der Waals surface area contributed by atoms with Crippen molar-refractivity contribution in [3.63, 3.8) is 0 Å². The van der Waals surface area contributed by atoms with Crippen LogP contribution in [0, 0.1) is 6.92 Å². The number of thiazole rings is 1. The molecule has 0 saturated carbocycles. The highest BCUT2D eigenvalue weighted by Crippen LogP contribution is 2.19. The van der Waals surface area contributed by atoms with Crippen molar-refractivity contribution in [1.29, 1.82) is 0 Å². The van der Waals surface area contributed by atoms with Gasteiger partial charge in [0.2, 0.25) is 0 Å². The summed E-state index contributed by atoms with van der Waals surface area (Å²) in [5, 5.41) is 3.82. The van der Waals surface area contributed by atoms with E-state index in [0.29, 0.717) is 11.4 Å². The summed E-state index contributed by atoms with van der Waals surface area (Å²) in [7, 11) is 1.80. The van der Waals surface area contributed by atoms with Gasteiger partial charge in [0.05, 0.1) is 11.7 Å². The van der Waals surface area contributed by atoms with Crippen molar-refractivity contribution in [3.8, 4) is 0 Å². The molecule has 2 aromatic heterocycles. The van der Waals surface area contributed by atoms with E-state index in [1.807, 2.05) is 20.0 Å². The Kier molecular flexibility index (Phi) is 3.38.